The maximum atomic E-state index is 12.9. The summed E-state index contributed by atoms with van der Waals surface area (Å²) in [6, 6.07) is 9.66. The third-order valence-corrected chi connectivity index (χ3v) is 5.33. The number of hydrogen-bond acceptors (Lipinski definition) is 6. The SMILES string of the molecule is O=CN1CCN(c2ccnc(C(=O)N3CCN(c4ccccn4)CC3)c2)CC1. The average Bonchev–Trinajstić information content (AvgIpc) is 2.79. The molecule has 0 N–H and O–H groups in total. The van der Waals surface area contributed by atoms with E-state index < -0.39 is 0 Å². The van der Waals surface area contributed by atoms with Crippen molar-refractivity contribution in [2.45, 2.75) is 0 Å². The molecule has 2 amide bonds. The monoisotopic (exact) mass is 380 g/mol. The van der Waals surface area contributed by atoms with Crippen LogP contribution in [-0.2, 0) is 4.79 Å². The summed E-state index contributed by atoms with van der Waals surface area (Å²) in [7, 11) is 0. The second kappa shape index (κ2) is 8.24. The van der Waals surface area contributed by atoms with E-state index in [2.05, 4.69) is 19.8 Å². The van der Waals surface area contributed by atoms with Gasteiger partial charge in [0.1, 0.15) is 11.5 Å². The third kappa shape index (κ3) is 3.90. The van der Waals surface area contributed by atoms with E-state index in [0.717, 1.165) is 44.1 Å². The molecule has 0 aromatic carbocycles. The molecule has 2 aliphatic heterocycles. The summed E-state index contributed by atoms with van der Waals surface area (Å²) in [6.45, 7) is 5.75. The van der Waals surface area contributed by atoms with E-state index in [1.54, 1.807) is 17.3 Å². The zero-order valence-corrected chi connectivity index (χ0v) is 15.8. The van der Waals surface area contributed by atoms with Gasteiger partial charge in [-0.3, -0.25) is 14.6 Å². The molecule has 2 fully saturated rings. The number of hydrogen-bond donors (Lipinski definition) is 0. The van der Waals surface area contributed by atoms with Gasteiger partial charge in [-0.15, -0.1) is 0 Å². The van der Waals surface area contributed by atoms with Crippen LogP contribution in [0.15, 0.2) is 42.7 Å². The number of pyridine rings is 2. The highest BCUT2D eigenvalue weighted by atomic mass is 16.2. The van der Waals surface area contributed by atoms with E-state index in [4.69, 9.17) is 0 Å². The van der Waals surface area contributed by atoms with Gasteiger partial charge in [0, 0.05) is 70.4 Å². The average molecular weight is 380 g/mol. The number of rotatable bonds is 4. The Morgan fingerprint density at radius 3 is 2.29 bits per heavy atom. The molecule has 146 valence electrons. The predicted octanol–water partition coefficient (Wildman–Crippen LogP) is 0.717. The minimum Gasteiger partial charge on any atom is -0.368 e. The molecule has 0 bridgehead atoms. The molecule has 0 radical (unpaired) electrons. The fraction of sp³-hybridized carbons (Fsp3) is 0.400. The summed E-state index contributed by atoms with van der Waals surface area (Å²) in [5.74, 6) is 0.915. The first-order valence-electron chi connectivity index (χ1n) is 9.60. The van der Waals surface area contributed by atoms with Gasteiger partial charge in [-0.25, -0.2) is 4.98 Å². The van der Waals surface area contributed by atoms with Crippen LogP contribution in [-0.4, -0.2) is 84.4 Å². The van der Waals surface area contributed by atoms with E-state index in [1.165, 1.54) is 0 Å². The van der Waals surface area contributed by atoms with Gasteiger partial charge >= 0.3 is 0 Å². The van der Waals surface area contributed by atoms with Crippen LogP contribution in [0.1, 0.15) is 10.5 Å². The maximum Gasteiger partial charge on any atom is 0.272 e. The summed E-state index contributed by atoms with van der Waals surface area (Å²) >= 11 is 0. The van der Waals surface area contributed by atoms with Gasteiger partial charge in [-0.1, -0.05) is 6.07 Å². The van der Waals surface area contributed by atoms with E-state index in [1.807, 2.05) is 35.2 Å². The van der Waals surface area contributed by atoms with Gasteiger partial charge in [0.25, 0.3) is 5.91 Å². The van der Waals surface area contributed by atoms with Crippen LogP contribution in [0.5, 0.6) is 0 Å². The molecular formula is C20H24N6O2. The molecule has 4 rings (SSSR count). The Kier molecular flexibility index (Phi) is 5.36. The summed E-state index contributed by atoms with van der Waals surface area (Å²) in [4.78, 5) is 40.5. The van der Waals surface area contributed by atoms with E-state index in [9.17, 15) is 9.59 Å². The zero-order valence-electron chi connectivity index (χ0n) is 15.8. The highest BCUT2D eigenvalue weighted by Crippen LogP contribution is 2.19. The molecule has 0 atom stereocenters. The van der Waals surface area contributed by atoms with Crippen LogP contribution in [0.2, 0.25) is 0 Å². The first-order chi connectivity index (χ1) is 13.7. The highest BCUT2D eigenvalue weighted by molar-refractivity contribution is 5.93. The highest BCUT2D eigenvalue weighted by Gasteiger charge is 2.24. The molecule has 0 spiro atoms. The topological polar surface area (TPSA) is 72.9 Å². The smallest absolute Gasteiger partial charge is 0.272 e. The molecule has 0 unspecified atom stereocenters. The molecule has 0 saturated carbocycles. The number of piperazine rings is 2. The van der Waals surface area contributed by atoms with Crippen molar-refractivity contribution < 1.29 is 9.59 Å². The molecule has 2 saturated heterocycles. The van der Waals surface area contributed by atoms with Crippen LogP contribution < -0.4 is 9.80 Å². The second-order valence-corrected chi connectivity index (χ2v) is 6.99. The molecule has 4 heterocycles. The van der Waals surface area contributed by atoms with E-state index in [0.29, 0.717) is 31.9 Å². The fourth-order valence-electron chi connectivity index (χ4n) is 3.66. The van der Waals surface area contributed by atoms with Crippen LogP contribution in [0, 0.1) is 0 Å². The molecule has 8 nitrogen and oxygen atoms in total. The first-order valence-corrected chi connectivity index (χ1v) is 9.60. The fourth-order valence-corrected chi connectivity index (χ4v) is 3.66. The van der Waals surface area contributed by atoms with Gasteiger partial charge in [0.2, 0.25) is 6.41 Å². The quantitative estimate of drug-likeness (QED) is 0.728. The molecule has 8 heteroatoms. The molecule has 2 aromatic rings. The summed E-state index contributed by atoms with van der Waals surface area (Å²) in [6.07, 6.45) is 4.37. The van der Waals surface area contributed by atoms with Crippen molar-refractivity contribution in [2.24, 2.45) is 0 Å². The van der Waals surface area contributed by atoms with Crippen molar-refractivity contribution in [1.29, 1.82) is 0 Å². The zero-order chi connectivity index (χ0) is 19.3. The van der Waals surface area contributed by atoms with E-state index >= 15 is 0 Å². The Morgan fingerprint density at radius 2 is 1.61 bits per heavy atom. The lowest BCUT2D eigenvalue weighted by Crippen LogP contribution is -2.49. The second-order valence-electron chi connectivity index (χ2n) is 6.99. The summed E-state index contributed by atoms with van der Waals surface area (Å²) in [5.41, 5.74) is 1.46. The van der Waals surface area contributed by atoms with Gasteiger partial charge in [0.05, 0.1) is 0 Å². The van der Waals surface area contributed by atoms with Crippen molar-refractivity contribution in [3.63, 3.8) is 0 Å². The minimum absolute atomic E-state index is 0.0333. The number of aromatic nitrogens is 2. The molecule has 28 heavy (non-hydrogen) atoms. The molecule has 0 aliphatic carbocycles. The van der Waals surface area contributed by atoms with Crippen molar-refractivity contribution in [1.82, 2.24) is 19.8 Å². The predicted molar refractivity (Wildman–Crippen MR) is 106 cm³/mol. The largest absolute Gasteiger partial charge is 0.368 e. The lowest BCUT2D eigenvalue weighted by molar-refractivity contribution is -0.118. The Labute approximate surface area is 164 Å². The van der Waals surface area contributed by atoms with Gasteiger partial charge in [-0.2, -0.15) is 0 Å². The maximum absolute atomic E-state index is 12.9. The Balaban J connectivity index is 1.38. The standard InChI is InChI=1S/C20H24N6O2/c27-16-23-7-9-24(10-8-23)17-4-6-21-18(15-17)20(28)26-13-11-25(12-14-26)19-3-1-2-5-22-19/h1-6,15-16H,7-14H2. The summed E-state index contributed by atoms with van der Waals surface area (Å²) < 4.78 is 0. The van der Waals surface area contributed by atoms with E-state index in [-0.39, 0.29) is 5.91 Å². The van der Waals surface area contributed by atoms with Gasteiger partial charge in [0.15, 0.2) is 0 Å². The number of carbonyl (C=O) groups is 2. The first kappa shape index (κ1) is 18.2. The van der Waals surface area contributed by atoms with Gasteiger partial charge < -0.3 is 19.6 Å². The van der Waals surface area contributed by atoms with Crippen LogP contribution in [0.4, 0.5) is 11.5 Å². The van der Waals surface area contributed by atoms with Crippen molar-refractivity contribution in [3.8, 4) is 0 Å². The Morgan fingerprint density at radius 1 is 0.857 bits per heavy atom. The molecule has 2 aromatic heterocycles. The normalized spacial score (nSPS) is 17.6. The lowest BCUT2D eigenvalue weighted by Gasteiger charge is -2.36. The summed E-state index contributed by atoms with van der Waals surface area (Å²) in [5, 5.41) is 0. The van der Waals surface area contributed by atoms with Crippen LogP contribution >= 0.6 is 0 Å². The van der Waals surface area contributed by atoms with Gasteiger partial charge in [-0.05, 0) is 24.3 Å². The molecule has 2 aliphatic rings. The third-order valence-electron chi connectivity index (χ3n) is 5.33. The van der Waals surface area contributed by atoms with Crippen LogP contribution in [0.25, 0.3) is 0 Å². The Hall–Kier alpha value is -3.16. The van der Waals surface area contributed by atoms with Crippen LogP contribution in [0.3, 0.4) is 0 Å². The number of anilines is 2. The van der Waals surface area contributed by atoms with Crippen molar-refractivity contribution in [3.05, 3.63) is 48.4 Å². The number of nitrogens with zero attached hydrogens (tertiary/aromatic N) is 6. The number of carbonyl (C=O) groups excluding carboxylic acids is 2. The Bertz CT molecular complexity index is 814. The minimum atomic E-state index is -0.0333. The number of amides is 2. The lowest BCUT2D eigenvalue weighted by atomic mass is 10.2. The molecular weight excluding hydrogens is 356 g/mol. The van der Waals surface area contributed by atoms with Crippen molar-refractivity contribution >= 4 is 23.8 Å². The van der Waals surface area contributed by atoms with Crippen molar-refractivity contribution in [2.75, 3.05) is 62.2 Å².